The number of ketones is 1. The number of Topliss-reactive ketones (excluding diaryl/α,β-unsaturated/α-hetero) is 1. The lowest BCUT2D eigenvalue weighted by Gasteiger charge is -2.47. The van der Waals surface area contributed by atoms with E-state index in [1.807, 2.05) is 56.4 Å². The topological polar surface area (TPSA) is 290 Å². The van der Waals surface area contributed by atoms with E-state index in [1.54, 1.807) is 34.6 Å². The number of nitrogens with one attached hydrogen (secondary N) is 3. The lowest BCUT2D eigenvalue weighted by Crippen LogP contribution is -2.65. The third kappa shape index (κ3) is 14.7. The van der Waals surface area contributed by atoms with Crippen molar-refractivity contribution < 1.29 is 92.1 Å². The maximum absolute atomic E-state index is 14.4. The molecule has 83 heavy (non-hydrogen) atoms. The van der Waals surface area contributed by atoms with Crippen LogP contribution in [0.5, 0.6) is 17.2 Å². The quantitative estimate of drug-likeness (QED) is 0.0442. The van der Waals surface area contributed by atoms with Crippen molar-refractivity contribution in [2.45, 2.75) is 204 Å². The van der Waals surface area contributed by atoms with Gasteiger partial charge in [0.25, 0.3) is 0 Å². The van der Waals surface area contributed by atoms with E-state index >= 15 is 0 Å². The summed E-state index contributed by atoms with van der Waals surface area (Å²) in [5.41, 5.74) is 2.32. The number of carbonyl (C=O) groups excluding carboxylic acids is 3. The molecule has 22 atom stereocenters. The van der Waals surface area contributed by atoms with Gasteiger partial charge in [-0.2, -0.15) is 5.48 Å². The highest BCUT2D eigenvalue weighted by molar-refractivity contribution is 14.1. The van der Waals surface area contributed by atoms with Crippen molar-refractivity contribution >= 4 is 51.3 Å². The van der Waals surface area contributed by atoms with Gasteiger partial charge < -0.3 is 83.5 Å². The van der Waals surface area contributed by atoms with Crippen molar-refractivity contribution in [3.63, 3.8) is 0 Å². The van der Waals surface area contributed by atoms with Gasteiger partial charge in [0.15, 0.2) is 36.2 Å². The van der Waals surface area contributed by atoms with E-state index in [9.17, 15) is 39.9 Å². The third-order valence-electron chi connectivity index (χ3n) is 16.7. The van der Waals surface area contributed by atoms with Crippen LogP contribution in [0.25, 0.3) is 0 Å². The third-order valence-corrected chi connectivity index (χ3v) is 19.4. The van der Waals surface area contributed by atoms with Crippen LogP contribution < -0.4 is 30.3 Å². The number of allylic oxidation sites excluding steroid dienone is 3. The number of hydroxylamine groups is 1. The summed E-state index contributed by atoms with van der Waals surface area (Å²) in [6.45, 7) is 19.2. The number of benzene rings is 1. The number of aliphatic hydroxyl groups is 5. The van der Waals surface area contributed by atoms with Crippen LogP contribution in [0.4, 0.5) is 4.79 Å². The Labute approximate surface area is 504 Å². The van der Waals surface area contributed by atoms with Gasteiger partial charge in [0.2, 0.25) is 17.2 Å². The molecule has 0 aromatic heterocycles. The summed E-state index contributed by atoms with van der Waals surface area (Å²) in [5.74, 6) is 9.28. The predicted molar refractivity (Wildman–Crippen MR) is 312 cm³/mol. The van der Waals surface area contributed by atoms with Crippen molar-refractivity contribution in [3.05, 3.63) is 38.5 Å². The maximum atomic E-state index is 14.4. The molecule has 6 aliphatic rings. The second-order valence-electron chi connectivity index (χ2n) is 22.4. The molecule has 2 aliphatic carbocycles. The van der Waals surface area contributed by atoms with E-state index < -0.39 is 144 Å². The molecule has 4 aliphatic heterocycles. The number of likely N-dealkylation sites (N-methyl/N-ethyl adjacent to an activating group) is 1. The van der Waals surface area contributed by atoms with Gasteiger partial charge in [-0.1, -0.05) is 83.1 Å². The van der Waals surface area contributed by atoms with Crippen LogP contribution in [0, 0.1) is 63.8 Å². The van der Waals surface area contributed by atoms with Gasteiger partial charge in [0.1, 0.15) is 30.5 Å². The first-order chi connectivity index (χ1) is 39.4. The smallest absolute Gasteiger partial charge is 0.407 e. The number of alkyl carbamates (subject to hydrolysis) is 1. The van der Waals surface area contributed by atoms with Gasteiger partial charge in [-0.15, -0.1) is 0 Å². The van der Waals surface area contributed by atoms with E-state index in [2.05, 4.69) is 46.7 Å². The Balaban J connectivity index is 1.12. The van der Waals surface area contributed by atoms with Gasteiger partial charge in [0, 0.05) is 37.1 Å². The number of halogens is 1. The zero-order chi connectivity index (χ0) is 60.8. The molecule has 22 nitrogen and oxygen atoms in total. The molecule has 462 valence electrons. The fourth-order valence-electron chi connectivity index (χ4n) is 11.7. The monoisotopic (exact) mass is 1300 g/mol. The van der Waals surface area contributed by atoms with E-state index in [4.69, 9.17) is 52.2 Å². The first-order valence-corrected chi connectivity index (χ1v) is 30.4. The molecule has 4 heterocycles. The van der Waals surface area contributed by atoms with Crippen molar-refractivity contribution in [3.8, 4) is 40.9 Å². The number of ether oxygens (including phenoxy) is 10. The number of rotatable bonds is 18. The Morgan fingerprint density at radius 1 is 0.880 bits per heavy atom. The Bertz CT molecular complexity index is 2630. The van der Waals surface area contributed by atoms with Gasteiger partial charge in [-0.05, 0) is 98.4 Å². The lowest BCUT2D eigenvalue weighted by atomic mass is 9.71. The molecule has 1 saturated carbocycles. The second kappa shape index (κ2) is 29.4. The summed E-state index contributed by atoms with van der Waals surface area (Å²) in [4.78, 5) is 47.8. The predicted octanol–water partition coefficient (Wildman–Crippen LogP) is 4.19. The lowest BCUT2D eigenvalue weighted by molar-refractivity contribution is -0.338. The van der Waals surface area contributed by atoms with Crippen LogP contribution in [0.2, 0.25) is 0 Å². The fourth-order valence-corrected chi connectivity index (χ4v) is 13.5. The van der Waals surface area contributed by atoms with Crippen LogP contribution in [-0.4, -0.2) is 186 Å². The Hall–Kier alpha value is -3.65. The Morgan fingerprint density at radius 3 is 2.19 bits per heavy atom. The average Bonchev–Trinajstić information content (AvgIpc) is 2.58. The van der Waals surface area contributed by atoms with Crippen LogP contribution in [0.3, 0.4) is 0 Å². The number of fused-ring (bicyclic) bond motifs is 1. The summed E-state index contributed by atoms with van der Waals surface area (Å²) in [6, 6.07) is -2.23. The molecule has 1 aromatic carbocycles. The number of amides is 1. The van der Waals surface area contributed by atoms with Crippen LogP contribution in [-0.2, 0) is 42.8 Å². The SMILES string of the molecule is CC/C=C1\C2C(C#C/C=C\C#C[C@@H]2OC2OC(C)C(NOC3CC(O)C(SC(=O)c4c(C)c(I)c(OC5OC(C)C(O)C(C)C5O)c(OC)c4OC)C(C)O3)C(O)C2OC2CC(C)C(NCC)CO2)C(NC(=O)OC)C(=O)C[C@@]1(O)C(C)C. The molecule has 4 saturated heterocycles. The molecule has 8 N–H and O–H groups in total. The Kier molecular flexibility index (Phi) is 23.7. The largest absolute Gasteiger partial charge is 0.492 e. The van der Waals surface area contributed by atoms with Gasteiger partial charge in [-0.25, -0.2) is 4.79 Å². The van der Waals surface area contributed by atoms with E-state index in [1.165, 1.54) is 33.5 Å². The number of thioether (sulfide) groups is 1. The summed E-state index contributed by atoms with van der Waals surface area (Å²) in [7, 11) is 3.96. The molecule has 7 rings (SSSR count). The summed E-state index contributed by atoms with van der Waals surface area (Å²) < 4.78 is 62.0. The highest BCUT2D eigenvalue weighted by Gasteiger charge is 2.55. The summed E-state index contributed by atoms with van der Waals surface area (Å²) in [6.07, 6.45) is -9.45. The van der Waals surface area contributed by atoms with Gasteiger partial charge in [0.05, 0.1) is 90.4 Å². The average molecular weight is 1300 g/mol. The summed E-state index contributed by atoms with van der Waals surface area (Å²) in [5, 5.41) is 63.4. The fraction of sp³-hybridized carbons (Fsp3) is 0.712. The van der Waals surface area contributed by atoms with E-state index in [0.717, 1.165) is 18.3 Å². The molecular weight excluding hydrogens is 1210 g/mol. The molecule has 5 fully saturated rings. The summed E-state index contributed by atoms with van der Waals surface area (Å²) >= 11 is 2.89. The maximum Gasteiger partial charge on any atom is 0.407 e. The highest BCUT2D eigenvalue weighted by Crippen LogP contribution is 2.50. The molecule has 1 amide bonds. The van der Waals surface area contributed by atoms with Gasteiger partial charge in [-0.3, -0.25) is 14.4 Å². The molecular formula is C59H84IN3O19S. The minimum atomic E-state index is -1.72. The number of hydrogen-bond acceptors (Lipinski definition) is 22. The minimum absolute atomic E-state index is 0.0511. The highest BCUT2D eigenvalue weighted by atomic mass is 127. The number of hydrogen-bond donors (Lipinski definition) is 8. The van der Waals surface area contributed by atoms with Crippen molar-refractivity contribution in [2.24, 2.45) is 29.6 Å². The molecule has 0 radical (unpaired) electrons. The normalized spacial score (nSPS) is 39.1. The zero-order valence-corrected chi connectivity index (χ0v) is 52.4. The minimum Gasteiger partial charge on any atom is -0.492 e. The number of carbonyl (C=O) groups is 3. The zero-order valence-electron chi connectivity index (χ0n) is 49.4. The standard InChI is InChI=1S/C59H84IN3O19S/c1-14-20-35-43-34(46(62-58(70)74-13)38(65)25-59(35,71)27(3)4)21-18-16-17-19-22-39(43)79-57-52(80-40-23-28(5)36(26-75-40)61-15-2)49(68)45(31(8)77-57)63-82-41-24-37(64)54(33(10)76-41)83-55(69)42-29(6)44(60)51(53(73-12)50(42)72-11)81-56-48(67)30(7)47(66)32(9)78-56/h16-17,20,27-28,30-34,36-37,39-41,43,45-49,52,54,56-57,61,63-64,66-68,71H,14-15,23-26H2,1-13H3,(H,62,70)/b17-16-,35-20+/t28?,30?,31?,32?,33?,34?,36?,37?,39-,40?,41?,43?,45?,46?,47?,48?,49?,52?,54?,56?,57?,59+/m0/s1. The van der Waals surface area contributed by atoms with Crippen LogP contribution >= 0.6 is 34.4 Å². The van der Waals surface area contributed by atoms with Crippen LogP contribution in [0.1, 0.15) is 104 Å². The molecule has 24 heteroatoms. The van der Waals surface area contributed by atoms with Gasteiger partial charge >= 0.3 is 6.09 Å². The molecule has 0 spiro atoms. The number of aliphatic hydroxyl groups excluding tert-OH is 4. The molecule has 0 bridgehead atoms. The van der Waals surface area contributed by atoms with Crippen molar-refractivity contribution in [2.75, 3.05) is 34.5 Å². The first kappa shape index (κ1) is 66.9. The second-order valence-corrected chi connectivity index (χ2v) is 24.7. The van der Waals surface area contributed by atoms with Crippen molar-refractivity contribution in [1.29, 1.82) is 0 Å². The van der Waals surface area contributed by atoms with E-state index in [-0.39, 0.29) is 47.6 Å². The van der Waals surface area contributed by atoms with Crippen molar-refractivity contribution in [1.82, 2.24) is 16.1 Å². The Morgan fingerprint density at radius 2 is 1.57 bits per heavy atom. The molecule has 20 unspecified atom stereocenters. The first-order valence-electron chi connectivity index (χ1n) is 28.5. The van der Waals surface area contributed by atoms with Crippen LogP contribution in [0.15, 0.2) is 23.8 Å². The van der Waals surface area contributed by atoms with E-state index in [0.29, 0.717) is 34.2 Å². The number of methoxy groups -OCH3 is 3. The molecule has 1 aromatic rings.